The van der Waals surface area contributed by atoms with Crippen molar-refractivity contribution in [1.29, 1.82) is 0 Å². The van der Waals surface area contributed by atoms with Crippen molar-refractivity contribution in [2.24, 2.45) is 5.92 Å². The van der Waals surface area contributed by atoms with E-state index < -0.39 is 34.8 Å². The number of fused-ring (bicyclic) bond motifs is 3. The Bertz CT molecular complexity index is 1320. The van der Waals surface area contributed by atoms with Crippen molar-refractivity contribution in [2.75, 3.05) is 28.4 Å². The second-order valence-electron chi connectivity index (χ2n) is 8.73. The SMILES string of the molecule is COC(=O)C1C(=O)[C@@]2(O)c3c(OC)cc(OC)cc3O[C@@]2(c2ccc(OC)cc2)[C@@H]1c1ccccc1. The van der Waals surface area contributed by atoms with Gasteiger partial charge in [-0.2, -0.15) is 0 Å². The van der Waals surface area contributed by atoms with Gasteiger partial charge >= 0.3 is 5.97 Å². The summed E-state index contributed by atoms with van der Waals surface area (Å²) in [6.07, 6.45) is 0. The third-order valence-corrected chi connectivity index (χ3v) is 7.21. The standard InChI is InChI=1S/C28H26O8/c1-32-18-12-10-17(11-13-18)28-23(16-8-6-5-7-9-16)22(26(30)35-4)25(29)27(28,31)24-20(34-3)14-19(33-2)15-21(24)36-28/h5-15,22-23,31H,1-4H3/t22?,23-,27+,28+/m1/s1. The topological polar surface area (TPSA) is 101 Å². The van der Waals surface area contributed by atoms with Crippen molar-refractivity contribution < 1.29 is 38.4 Å². The van der Waals surface area contributed by atoms with E-state index in [1.54, 1.807) is 67.8 Å². The average molecular weight is 491 g/mol. The molecule has 0 bridgehead atoms. The zero-order valence-corrected chi connectivity index (χ0v) is 20.3. The van der Waals surface area contributed by atoms with Crippen LogP contribution in [0.2, 0.25) is 0 Å². The average Bonchev–Trinajstić information content (AvgIpc) is 3.30. The molecule has 0 amide bonds. The summed E-state index contributed by atoms with van der Waals surface area (Å²) < 4.78 is 28.0. The highest BCUT2D eigenvalue weighted by molar-refractivity contribution is 6.10. The van der Waals surface area contributed by atoms with Crippen molar-refractivity contribution in [2.45, 2.75) is 17.1 Å². The van der Waals surface area contributed by atoms with Crippen LogP contribution in [0.1, 0.15) is 22.6 Å². The van der Waals surface area contributed by atoms with Crippen LogP contribution in [-0.2, 0) is 25.5 Å². The van der Waals surface area contributed by atoms with Gasteiger partial charge in [-0.25, -0.2) is 0 Å². The van der Waals surface area contributed by atoms with Crippen LogP contribution >= 0.6 is 0 Å². The van der Waals surface area contributed by atoms with E-state index >= 15 is 0 Å². The zero-order valence-electron chi connectivity index (χ0n) is 20.3. The van der Waals surface area contributed by atoms with E-state index in [1.165, 1.54) is 21.3 Å². The normalized spacial score (nSPS) is 26.0. The molecule has 1 aliphatic heterocycles. The Hall–Kier alpha value is -4.04. The van der Waals surface area contributed by atoms with E-state index in [1.807, 2.05) is 6.07 Å². The van der Waals surface area contributed by atoms with Crippen LogP contribution in [-0.4, -0.2) is 45.3 Å². The van der Waals surface area contributed by atoms with Gasteiger partial charge in [0.05, 0.1) is 39.9 Å². The molecule has 2 aliphatic rings. The number of Topliss-reactive ketones (excluding diaryl/α,β-unsaturated/α-hetero) is 1. The second-order valence-corrected chi connectivity index (χ2v) is 8.73. The van der Waals surface area contributed by atoms with Gasteiger partial charge in [-0.05, 0) is 17.7 Å². The molecule has 3 aromatic carbocycles. The Kier molecular flexibility index (Phi) is 5.64. The molecule has 1 heterocycles. The quantitative estimate of drug-likeness (QED) is 0.415. The summed E-state index contributed by atoms with van der Waals surface area (Å²) in [6, 6.07) is 19.1. The number of ketones is 1. The van der Waals surface area contributed by atoms with E-state index in [4.69, 9.17) is 23.7 Å². The number of aliphatic hydroxyl groups is 1. The Labute approximate surface area is 208 Å². The van der Waals surface area contributed by atoms with Gasteiger partial charge in [-0.15, -0.1) is 0 Å². The van der Waals surface area contributed by atoms with Gasteiger partial charge in [0.25, 0.3) is 0 Å². The fourth-order valence-electron chi connectivity index (χ4n) is 5.66. The molecule has 1 aliphatic carbocycles. The van der Waals surface area contributed by atoms with Gasteiger partial charge in [-0.1, -0.05) is 42.5 Å². The lowest BCUT2D eigenvalue weighted by atomic mass is 9.70. The van der Waals surface area contributed by atoms with Crippen molar-refractivity contribution in [3.8, 4) is 23.0 Å². The van der Waals surface area contributed by atoms with Crippen molar-refractivity contribution in [3.05, 3.63) is 83.4 Å². The van der Waals surface area contributed by atoms with Gasteiger partial charge in [-0.3, -0.25) is 9.59 Å². The summed E-state index contributed by atoms with van der Waals surface area (Å²) in [5.41, 5.74) is -2.76. The molecule has 36 heavy (non-hydrogen) atoms. The zero-order chi connectivity index (χ0) is 25.7. The molecule has 8 heteroatoms. The van der Waals surface area contributed by atoms with Crippen molar-refractivity contribution >= 4 is 11.8 Å². The lowest BCUT2D eigenvalue weighted by Crippen LogP contribution is -2.50. The van der Waals surface area contributed by atoms with Crippen LogP contribution in [0.25, 0.3) is 0 Å². The predicted octanol–water partition coefficient (Wildman–Crippen LogP) is 3.34. The highest BCUT2D eigenvalue weighted by atomic mass is 16.5. The molecular formula is C28H26O8. The minimum absolute atomic E-state index is 0.138. The fraction of sp³-hybridized carbons (Fsp3) is 0.286. The fourth-order valence-corrected chi connectivity index (χ4v) is 5.66. The summed E-state index contributed by atoms with van der Waals surface area (Å²) in [6.45, 7) is 0. The summed E-state index contributed by atoms with van der Waals surface area (Å²) in [5, 5.41) is 12.6. The number of hydrogen-bond donors (Lipinski definition) is 1. The van der Waals surface area contributed by atoms with E-state index in [-0.39, 0.29) is 17.1 Å². The maximum absolute atomic E-state index is 14.2. The summed E-state index contributed by atoms with van der Waals surface area (Å²) >= 11 is 0. The number of benzene rings is 3. The predicted molar refractivity (Wildman–Crippen MR) is 128 cm³/mol. The molecule has 1 saturated carbocycles. The molecule has 5 rings (SSSR count). The van der Waals surface area contributed by atoms with Gasteiger partial charge in [0.2, 0.25) is 5.60 Å². The first-order chi connectivity index (χ1) is 17.4. The molecule has 1 fully saturated rings. The summed E-state index contributed by atoms with van der Waals surface area (Å²) in [4.78, 5) is 27.4. The number of hydrogen-bond acceptors (Lipinski definition) is 8. The van der Waals surface area contributed by atoms with E-state index in [0.29, 0.717) is 22.6 Å². The van der Waals surface area contributed by atoms with Crippen LogP contribution in [0, 0.1) is 5.92 Å². The van der Waals surface area contributed by atoms with Gasteiger partial charge < -0.3 is 28.8 Å². The van der Waals surface area contributed by atoms with Crippen molar-refractivity contribution in [3.63, 3.8) is 0 Å². The summed E-state index contributed by atoms with van der Waals surface area (Å²) in [7, 11) is 5.69. The van der Waals surface area contributed by atoms with E-state index in [9.17, 15) is 14.7 Å². The monoisotopic (exact) mass is 490 g/mol. The number of methoxy groups -OCH3 is 4. The number of carbonyl (C=O) groups is 2. The maximum Gasteiger partial charge on any atom is 0.317 e. The summed E-state index contributed by atoms with van der Waals surface area (Å²) in [5.74, 6) is -2.34. The molecule has 186 valence electrons. The molecule has 1 N–H and O–H groups in total. The van der Waals surface area contributed by atoms with Gasteiger partial charge in [0.15, 0.2) is 11.4 Å². The van der Waals surface area contributed by atoms with Gasteiger partial charge in [0, 0.05) is 17.7 Å². The van der Waals surface area contributed by atoms with Crippen LogP contribution in [0.3, 0.4) is 0 Å². The number of ether oxygens (including phenoxy) is 5. The highest BCUT2D eigenvalue weighted by Crippen LogP contribution is 2.68. The Morgan fingerprint density at radius 1 is 0.889 bits per heavy atom. The molecule has 4 atom stereocenters. The molecule has 1 unspecified atom stereocenters. The smallest absolute Gasteiger partial charge is 0.317 e. The molecule has 8 nitrogen and oxygen atoms in total. The minimum Gasteiger partial charge on any atom is -0.497 e. The molecular weight excluding hydrogens is 464 g/mol. The molecule has 0 spiro atoms. The first-order valence-corrected chi connectivity index (χ1v) is 11.4. The number of rotatable bonds is 6. The second kappa shape index (κ2) is 8.57. The highest BCUT2D eigenvalue weighted by Gasteiger charge is 2.78. The van der Waals surface area contributed by atoms with Gasteiger partial charge in [0.1, 0.15) is 28.9 Å². The Morgan fingerprint density at radius 2 is 1.56 bits per heavy atom. The molecule has 3 aromatic rings. The van der Waals surface area contributed by atoms with Crippen LogP contribution in [0.5, 0.6) is 23.0 Å². The maximum atomic E-state index is 14.2. The third-order valence-electron chi connectivity index (χ3n) is 7.21. The number of carbonyl (C=O) groups excluding carboxylic acids is 2. The van der Waals surface area contributed by atoms with E-state index in [0.717, 1.165) is 0 Å². The first-order valence-electron chi connectivity index (χ1n) is 11.4. The molecule has 0 radical (unpaired) electrons. The van der Waals surface area contributed by atoms with Crippen LogP contribution in [0.15, 0.2) is 66.7 Å². The molecule has 0 aromatic heterocycles. The number of esters is 1. The lowest BCUT2D eigenvalue weighted by molar-refractivity contribution is -0.155. The molecule has 0 saturated heterocycles. The van der Waals surface area contributed by atoms with Crippen LogP contribution in [0.4, 0.5) is 0 Å². The Morgan fingerprint density at radius 3 is 2.14 bits per heavy atom. The van der Waals surface area contributed by atoms with Crippen molar-refractivity contribution in [1.82, 2.24) is 0 Å². The minimum atomic E-state index is -2.28. The lowest BCUT2D eigenvalue weighted by Gasteiger charge is -2.39. The first kappa shape index (κ1) is 23.7. The largest absolute Gasteiger partial charge is 0.497 e. The third kappa shape index (κ3) is 2.97. The Balaban J connectivity index is 1.89. The van der Waals surface area contributed by atoms with Crippen LogP contribution < -0.4 is 18.9 Å². The van der Waals surface area contributed by atoms with E-state index in [2.05, 4.69) is 0 Å².